The molecule has 0 aliphatic carbocycles. The number of carbonyl (C=O) groups is 1. The van der Waals surface area contributed by atoms with Crippen LogP contribution >= 0.6 is 0 Å². The Balaban J connectivity index is 2.40. The lowest BCUT2D eigenvalue weighted by Gasteiger charge is -2.20. The van der Waals surface area contributed by atoms with E-state index in [0.717, 1.165) is 16.8 Å². The molecule has 0 atom stereocenters. The molecule has 0 radical (unpaired) electrons. The smallest absolute Gasteiger partial charge is 0.261 e. The van der Waals surface area contributed by atoms with Crippen LogP contribution in [0.1, 0.15) is 27.0 Å². The number of anilines is 1. The Bertz CT molecular complexity index is 664. The van der Waals surface area contributed by atoms with Gasteiger partial charge in [-0.25, -0.2) is 4.39 Å². The quantitative estimate of drug-likeness (QED) is 0.807. The molecule has 104 valence electrons. The minimum absolute atomic E-state index is 0.104. The number of hydrogen-bond acceptors (Lipinski definition) is 1. The Morgan fingerprint density at radius 2 is 1.75 bits per heavy atom. The fourth-order valence-corrected chi connectivity index (χ4v) is 2.28. The van der Waals surface area contributed by atoms with Gasteiger partial charge in [0.05, 0.1) is 5.56 Å². The zero-order valence-electron chi connectivity index (χ0n) is 12.2. The maximum atomic E-state index is 14.0. The molecule has 20 heavy (non-hydrogen) atoms. The summed E-state index contributed by atoms with van der Waals surface area (Å²) in [5.74, 6) is -0.785. The molecule has 0 N–H and O–H groups in total. The van der Waals surface area contributed by atoms with Crippen molar-refractivity contribution in [2.24, 2.45) is 0 Å². The third-order valence-corrected chi connectivity index (χ3v) is 3.44. The Kier molecular flexibility index (Phi) is 3.89. The van der Waals surface area contributed by atoms with Crippen LogP contribution in [0, 0.1) is 26.6 Å². The van der Waals surface area contributed by atoms with Gasteiger partial charge in [0.2, 0.25) is 0 Å². The molecule has 0 aliphatic heterocycles. The summed E-state index contributed by atoms with van der Waals surface area (Å²) >= 11 is 0. The Hall–Kier alpha value is -2.16. The Labute approximate surface area is 118 Å². The van der Waals surface area contributed by atoms with Gasteiger partial charge in [-0.2, -0.15) is 0 Å². The second-order valence-electron chi connectivity index (χ2n) is 5.09. The van der Waals surface area contributed by atoms with E-state index in [-0.39, 0.29) is 11.5 Å². The minimum atomic E-state index is -0.450. The van der Waals surface area contributed by atoms with Crippen molar-refractivity contribution in [2.45, 2.75) is 20.8 Å². The summed E-state index contributed by atoms with van der Waals surface area (Å²) in [4.78, 5) is 13.9. The molecule has 2 nitrogen and oxygen atoms in total. The third-order valence-electron chi connectivity index (χ3n) is 3.44. The summed E-state index contributed by atoms with van der Waals surface area (Å²) < 4.78 is 14.0. The van der Waals surface area contributed by atoms with Gasteiger partial charge in [-0.15, -0.1) is 0 Å². The van der Waals surface area contributed by atoms with Crippen molar-refractivity contribution in [3.05, 3.63) is 64.5 Å². The average Bonchev–Trinajstić information content (AvgIpc) is 2.40. The van der Waals surface area contributed by atoms with Crippen molar-refractivity contribution in [3.63, 3.8) is 0 Å². The van der Waals surface area contributed by atoms with E-state index in [1.165, 1.54) is 11.0 Å². The number of benzene rings is 2. The molecule has 0 saturated heterocycles. The lowest BCUT2D eigenvalue weighted by atomic mass is 10.1. The van der Waals surface area contributed by atoms with Crippen molar-refractivity contribution in [1.82, 2.24) is 0 Å². The molecule has 1 amide bonds. The van der Waals surface area contributed by atoms with Crippen LogP contribution < -0.4 is 4.90 Å². The first kappa shape index (κ1) is 14.3. The maximum absolute atomic E-state index is 14.0. The fourth-order valence-electron chi connectivity index (χ4n) is 2.28. The average molecular weight is 271 g/mol. The Morgan fingerprint density at radius 1 is 1.05 bits per heavy atom. The van der Waals surface area contributed by atoms with Crippen LogP contribution in [0.15, 0.2) is 36.4 Å². The molecule has 0 fully saturated rings. The summed E-state index contributed by atoms with van der Waals surface area (Å²) in [6.07, 6.45) is 0. The lowest BCUT2D eigenvalue weighted by Crippen LogP contribution is -2.28. The van der Waals surface area contributed by atoms with Crippen LogP contribution in [0.4, 0.5) is 10.1 Å². The van der Waals surface area contributed by atoms with Gasteiger partial charge in [-0.3, -0.25) is 4.79 Å². The predicted molar refractivity (Wildman–Crippen MR) is 79.8 cm³/mol. The molecule has 0 aromatic heterocycles. The van der Waals surface area contributed by atoms with Gasteiger partial charge in [0.25, 0.3) is 5.91 Å². The van der Waals surface area contributed by atoms with Crippen LogP contribution in [-0.2, 0) is 0 Å². The SMILES string of the molecule is Cc1ccc(N(C)C(=O)c2cccc(C)c2F)c(C)c1. The first-order chi connectivity index (χ1) is 9.41. The zero-order chi connectivity index (χ0) is 14.9. The first-order valence-corrected chi connectivity index (χ1v) is 6.52. The van der Waals surface area contributed by atoms with E-state index in [2.05, 4.69) is 0 Å². The van der Waals surface area contributed by atoms with E-state index in [4.69, 9.17) is 0 Å². The summed E-state index contributed by atoms with van der Waals surface area (Å²) in [6, 6.07) is 10.7. The number of aryl methyl sites for hydroxylation is 3. The van der Waals surface area contributed by atoms with E-state index in [0.29, 0.717) is 5.56 Å². The van der Waals surface area contributed by atoms with Gasteiger partial charge in [0.15, 0.2) is 0 Å². The molecule has 2 rings (SSSR count). The van der Waals surface area contributed by atoms with Crippen molar-refractivity contribution in [2.75, 3.05) is 11.9 Å². The molecule has 0 heterocycles. The number of halogens is 1. The number of amides is 1. The van der Waals surface area contributed by atoms with Crippen LogP contribution in [0.25, 0.3) is 0 Å². The van der Waals surface area contributed by atoms with Gasteiger partial charge in [-0.05, 0) is 44.0 Å². The van der Waals surface area contributed by atoms with Crippen molar-refractivity contribution in [1.29, 1.82) is 0 Å². The van der Waals surface area contributed by atoms with E-state index < -0.39 is 5.82 Å². The van der Waals surface area contributed by atoms with Gasteiger partial charge in [-0.1, -0.05) is 29.8 Å². The van der Waals surface area contributed by atoms with Crippen molar-refractivity contribution >= 4 is 11.6 Å². The van der Waals surface area contributed by atoms with E-state index in [1.807, 2.05) is 32.0 Å². The molecule has 0 bridgehead atoms. The second-order valence-corrected chi connectivity index (χ2v) is 5.09. The normalized spacial score (nSPS) is 10.4. The number of nitrogens with zero attached hydrogens (tertiary/aromatic N) is 1. The molecular weight excluding hydrogens is 253 g/mol. The predicted octanol–water partition coefficient (Wildman–Crippen LogP) is 4.03. The second kappa shape index (κ2) is 5.45. The summed E-state index contributed by atoms with van der Waals surface area (Å²) in [7, 11) is 1.67. The van der Waals surface area contributed by atoms with Crippen LogP contribution in [0.5, 0.6) is 0 Å². The molecule has 0 saturated carbocycles. The van der Waals surface area contributed by atoms with E-state index in [1.54, 1.807) is 26.1 Å². The van der Waals surface area contributed by atoms with Crippen LogP contribution in [0.3, 0.4) is 0 Å². The van der Waals surface area contributed by atoms with Crippen LogP contribution in [0.2, 0.25) is 0 Å². The molecule has 0 unspecified atom stereocenters. The highest BCUT2D eigenvalue weighted by Crippen LogP contribution is 2.23. The number of hydrogen-bond donors (Lipinski definition) is 0. The molecule has 0 aliphatic rings. The van der Waals surface area contributed by atoms with Gasteiger partial charge in [0.1, 0.15) is 5.82 Å². The van der Waals surface area contributed by atoms with Gasteiger partial charge < -0.3 is 4.90 Å². The van der Waals surface area contributed by atoms with E-state index in [9.17, 15) is 9.18 Å². The maximum Gasteiger partial charge on any atom is 0.261 e. The van der Waals surface area contributed by atoms with Crippen molar-refractivity contribution in [3.8, 4) is 0 Å². The molecule has 2 aromatic rings. The summed E-state index contributed by atoms with van der Waals surface area (Å²) in [5, 5.41) is 0. The Morgan fingerprint density at radius 3 is 2.40 bits per heavy atom. The van der Waals surface area contributed by atoms with Gasteiger partial charge >= 0.3 is 0 Å². The van der Waals surface area contributed by atoms with Crippen LogP contribution in [-0.4, -0.2) is 13.0 Å². The van der Waals surface area contributed by atoms with E-state index >= 15 is 0 Å². The molecule has 3 heteroatoms. The van der Waals surface area contributed by atoms with Crippen molar-refractivity contribution < 1.29 is 9.18 Å². The topological polar surface area (TPSA) is 20.3 Å². The summed E-state index contributed by atoms with van der Waals surface area (Å²) in [5.41, 5.74) is 3.50. The summed E-state index contributed by atoms with van der Waals surface area (Å²) in [6.45, 7) is 5.60. The molecule has 0 spiro atoms. The largest absolute Gasteiger partial charge is 0.311 e. The highest BCUT2D eigenvalue weighted by Gasteiger charge is 2.19. The highest BCUT2D eigenvalue weighted by molar-refractivity contribution is 6.06. The zero-order valence-corrected chi connectivity index (χ0v) is 12.2. The molecular formula is C17H18FNO. The first-order valence-electron chi connectivity index (χ1n) is 6.52. The monoisotopic (exact) mass is 271 g/mol. The van der Waals surface area contributed by atoms with Gasteiger partial charge in [0, 0.05) is 12.7 Å². The fraction of sp³-hybridized carbons (Fsp3) is 0.235. The lowest BCUT2D eigenvalue weighted by molar-refractivity contribution is 0.0989. The molecule has 2 aromatic carbocycles. The minimum Gasteiger partial charge on any atom is -0.311 e. The number of carbonyl (C=O) groups excluding carboxylic acids is 1. The third kappa shape index (κ3) is 2.57. The number of rotatable bonds is 2. The highest BCUT2D eigenvalue weighted by atomic mass is 19.1. The standard InChI is InChI=1S/C17H18FNO/c1-11-8-9-15(13(3)10-11)19(4)17(20)14-7-5-6-12(2)16(14)18/h5-10H,1-4H3.